The molecule has 1 saturated heterocycles. The van der Waals surface area contributed by atoms with Crippen molar-refractivity contribution < 1.29 is 41.4 Å². The van der Waals surface area contributed by atoms with E-state index in [1.165, 1.54) is 24.5 Å². The molecule has 0 bridgehead atoms. The molecule has 6 rings (SSSR count). The van der Waals surface area contributed by atoms with Gasteiger partial charge < -0.3 is 24.6 Å². The van der Waals surface area contributed by atoms with Gasteiger partial charge in [-0.25, -0.2) is 19.2 Å². The summed E-state index contributed by atoms with van der Waals surface area (Å²) in [6.45, 7) is 0.993. The largest absolute Gasteiger partial charge is 0.490 e. The van der Waals surface area contributed by atoms with Gasteiger partial charge in [-0.1, -0.05) is 17.5 Å². The van der Waals surface area contributed by atoms with E-state index in [-0.39, 0.29) is 34.8 Å². The average Bonchev–Trinajstić information content (AvgIpc) is 3.72. The molecule has 0 aliphatic carbocycles. The minimum absolute atomic E-state index is 0.0123. The second-order valence-corrected chi connectivity index (χ2v) is 11.2. The van der Waals surface area contributed by atoms with E-state index in [4.69, 9.17) is 32.7 Å². The number of nitrogens with one attached hydrogen (secondary N) is 1. The maximum Gasteiger partial charge on any atom is 0.490 e. The Bertz CT molecular complexity index is 2090. The fourth-order valence-corrected chi connectivity index (χ4v) is 5.50. The smallest absolute Gasteiger partial charge is 0.478 e. The summed E-state index contributed by atoms with van der Waals surface area (Å²) in [5.74, 6) is -1.66. The summed E-state index contributed by atoms with van der Waals surface area (Å²) in [5.41, 5.74) is 1.63. The lowest BCUT2D eigenvalue weighted by Crippen LogP contribution is -2.38. The first-order chi connectivity index (χ1) is 23.8. The van der Waals surface area contributed by atoms with Crippen molar-refractivity contribution in [3.05, 3.63) is 83.3 Å². The first kappa shape index (κ1) is 35.5. The summed E-state index contributed by atoms with van der Waals surface area (Å²) in [6.07, 6.45) is 7.83. The Kier molecular flexibility index (Phi) is 10.5. The number of imidazole rings is 1. The number of hydrogen-bond donors (Lipinski definition) is 2. The number of terminal acetylenes is 1. The molecule has 2 aromatic carbocycles. The Morgan fingerprint density at radius 3 is 2.48 bits per heavy atom. The Morgan fingerprint density at radius 1 is 1.14 bits per heavy atom. The van der Waals surface area contributed by atoms with Crippen LogP contribution in [0.4, 0.5) is 33.5 Å². The number of piperidine rings is 1. The van der Waals surface area contributed by atoms with Crippen LogP contribution < -0.4 is 10.1 Å². The van der Waals surface area contributed by atoms with Crippen LogP contribution >= 0.6 is 11.6 Å². The van der Waals surface area contributed by atoms with Gasteiger partial charge in [0.2, 0.25) is 5.82 Å². The highest BCUT2D eigenvalue weighted by molar-refractivity contribution is 6.34. The molecule has 5 aromatic rings. The van der Waals surface area contributed by atoms with Gasteiger partial charge in [0.05, 0.1) is 22.5 Å². The molecule has 0 atom stereocenters. The zero-order valence-electron chi connectivity index (χ0n) is 26.0. The molecule has 0 saturated carbocycles. The van der Waals surface area contributed by atoms with Gasteiger partial charge in [-0.05, 0) is 43.2 Å². The number of carboxylic acids is 1. The van der Waals surface area contributed by atoms with Crippen LogP contribution in [0.2, 0.25) is 5.02 Å². The van der Waals surface area contributed by atoms with Crippen molar-refractivity contribution in [2.45, 2.75) is 24.9 Å². The number of benzene rings is 2. The zero-order valence-corrected chi connectivity index (χ0v) is 26.7. The van der Waals surface area contributed by atoms with Crippen molar-refractivity contribution in [2.75, 3.05) is 25.0 Å². The first-order valence-electron chi connectivity index (χ1n) is 14.7. The molecule has 260 valence electrons. The van der Waals surface area contributed by atoms with Crippen molar-refractivity contribution in [2.24, 2.45) is 7.05 Å². The summed E-state index contributed by atoms with van der Waals surface area (Å²) in [7, 11) is 1.92. The monoisotopic (exact) mass is 716 g/mol. The van der Waals surface area contributed by atoms with Crippen LogP contribution in [0.3, 0.4) is 0 Å². The van der Waals surface area contributed by atoms with Crippen LogP contribution in [-0.4, -0.2) is 76.9 Å². The van der Waals surface area contributed by atoms with Gasteiger partial charge in [0.25, 0.3) is 5.91 Å². The zero-order chi connectivity index (χ0) is 36.2. The molecule has 1 amide bonds. The molecule has 0 radical (unpaired) electrons. The number of halogens is 6. The van der Waals surface area contributed by atoms with Gasteiger partial charge in [-0.15, -0.1) is 16.6 Å². The van der Waals surface area contributed by atoms with Gasteiger partial charge in [-0.2, -0.15) is 17.6 Å². The molecule has 4 heterocycles. The number of anilines is 2. The second kappa shape index (κ2) is 14.8. The first-order valence-corrected chi connectivity index (χ1v) is 15.0. The van der Waals surface area contributed by atoms with E-state index in [1.54, 1.807) is 40.0 Å². The number of ether oxygens (including phenoxy) is 1. The number of hydrogen-bond acceptors (Lipinski definition) is 8. The summed E-state index contributed by atoms with van der Waals surface area (Å²) in [6, 6.07) is 7.75. The number of carboxylic acid groups (broad SMARTS) is 1. The average molecular weight is 717 g/mol. The number of aromatic nitrogens is 6. The van der Waals surface area contributed by atoms with Crippen LogP contribution in [0.5, 0.6) is 5.75 Å². The number of aryl methyl sites for hydroxylation is 1. The summed E-state index contributed by atoms with van der Waals surface area (Å²) in [4.78, 5) is 32.7. The fraction of sp³-hybridized carbons (Fsp3) is 0.250. The van der Waals surface area contributed by atoms with E-state index >= 15 is 0 Å². The van der Waals surface area contributed by atoms with Crippen molar-refractivity contribution in [1.82, 2.24) is 34.0 Å². The number of aliphatic carboxylic acids is 1. The van der Waals surface area contributed by atoms with Crippen LogP contribution in [0.25, 0.3) is 16.9 Å². The minimum atomic E-state index is -5.08. The summed E-state index contributed by atoms with van der Waals surface area (Å²) >= 11 is 6.57. The topological polar surface area (TPSA) is 140 Å². The van der Waals surface area contributed by atoms with Crippen molar-refractivity contribution >= 4 is 40.6 Å². The van der Waals surface area contributed by atoms with Gasteiger partial charge in [0, 0.05) is 49.7 Å². The molecule has 3 aromatic heterocycles. The maximum atomic E-state index is 15.0. The standard InChI is InChI=1S/C30H25ClF2N8O2.C2HF3O2/c1-3-14-43-24-7-6-21(25(32)26(24)33)23-16-35-29-27(34-10-13-41(23)29)37-19-4-5-20(22(31)15-19)30(42)40-11-8-18(9-12-40)28-38-36-17-39(28)2;3-2(4,5)1(6)7/h1,4-7,10,13,15-18H,8-9,11-12,14H2,2H3,(H,34,37);(H,6,7). The van der Waals surface area contributed by atoms with Crippen molar-refractivity contribution in [1.29, 1.82) is 0 Å². The number of carbonyl (C=O) groups excluding carboxylic acids is 1. The van der Waals surface area contributed by atoms with Crippen LogP contribution in [0.15, 0.2) is 55.2 Å². The van der Waals surface area contributed by atoms with E-state index in [1.807, 2.05) is 11.6 Å². The Hall–Kier alpha value is -5.76. The molecule has 0 unspecified atom stereocenters. The lowest BCUT2D eigenvalue weighted by molar-refractivity contribution is -0.192. The highest BCUT2D eigenvalue weighted by Gasteiger charge is 2.38. The predicted octanol–water partition coefficient (Wildman–Crippen LogP) is 5.87. The van der Waals surface area contributed by atoms with Gasteiger partial charge in [0.15, 0.2) is 23.0 Å². The highest BCUT2D eigenvalue weighted by Crippen LogP contribution is 2.33. The van der Waals surface area contributed by atoms with E-state index in [0.717, 1.165) is 18.7 Å². The third-order valence-corrected chi connectivity index (χ3v) is 7.97. The number of rotatable bonds is 7. The molecule has 0 spiro atoms. The van der Waals surface area contributed by atoms with E-state index in [2.05, 4.69) is 31.4 Å². The molecule has 50 heavy (non-hydrogen) atoms. The number of alkyl halides is 3. The van der Waals surface area contributed by atoms with E-state index < -0.39 is 23.8 Å². The molecular formula is C32H26ClF5N8O4. The predicted molar refractivity (Wildman–Crippen MR) is 170 cm³/mol. The van der Waals surface area contributed by atoms with Crippen LogP contribution in [0, 0.1) is 24.0 Å². The lowest BCUT2D eigenvalue weighted by atomic mass is 9.95. The van der Waals surface area contributed by atoms with Crippen LogP contribution in [0.1, 0.15) is 34.9 Å². The molecule has 12 nitrogen and oxygen atoms in total. The summed E-state index contributed by atoms with van der Waals surface area (Å²) in [5, 5.41) is 18.7. The highest BCUT2D eigenvalue weighted by atomic mass is 35.5. The Morgan fingerprint density at radius 2 is 1.86 bits per heavy atom. The normalized spacial score (nSPS) is 13.4. The number of fused-ring (bicyclic) bond motifs is 1. The van der Waals surface area contributed by atoms with E-state index in [0.29, 0.717) is 41.5 Å². The lowest BCUT2D eigenvalue weighted by Gasteiger charge is -2.31. The third kappa shape index (κ3) is 7.60. The van der Waals surface area contributed by atoms with E-state index in [9.17, 15) is 26.7 Å². The number of amides is 1. The fourth-order valence-electron chi connectivity index (χ4n) is 5.24. The molecule has 1 aliphatic rings. The molecular weight excluding hydrogens is 691 g/mol. The third-order valence-electron chi connectivity index (χ3n) is 7.66. The second-order valence-electron chi connectivity index (χ2n) is 10.8. The maximum absolute atomic E-state index is 15.0. The summed E-state index contributed by atoms with van der Waals surface area (Å²) < 4.78 is 69.9. The SMILES string of the molecule is C#CCOc1ccc(-c2cnc3c(Nc4ccc(C(=O)N5CCC(c6nncn6C)CC5)c(Cl)c4)nccn23)c(F)c1F.O=C(O)C(F)(F)F. The molecule has 18 heteroatoms. The van der Waals surface area contributed by atoms with Crippen molar-refractivity contribution in [3.63, 3.8) is 0 Å². The Labute approximate surface area is 285 Å². The van der Waals surface area contributed by atoms with Gasteiger partial charge in [0.1, 0.15) is 18.8 Å². The van der Waals surface area contributed by atoms with Crippen LogP contribution in [-0.2, 0) is 11.8 Å². The van der Waals surface area contributed by atoms with Gasteiger partial charge in [-0.3, -0.25) is 9.20 Å². The number of likely N-dealkylation sites (tertiary alicyclic amines) is 1. The molecule has 2 N–H and O–H groups in total. The number of carbonyl (C=O) groups is 2. The number of nitrogens with zero attached hydrogens (tertiary/aromatic N) is 7. The van der Waals surface area contributed by atoms with Gasteiger partial charge >= 0.3 is 12.1 Å². The van der Waals surface area contributed by atoms with Crippen molar-refractivity contribution in [3.8, 4) is 29.4 Å². The quantitative estimate of drug-likeness (QED) is 0.157. The molecule has 1 aliphatic heterocycles. The minimum Gasteiger partial charge on any atom is -0.478 e. The Balaban J connectivity index is 0.000000630. The molecule has 1 fully saturated rings.